The smallest absolute Gasteiger partial charge is 0.137 e. The van der Waals surface area contributed by atoms with Crippen molar-refractivity contribution in [1.82, 2.24) is 19.2 Å². The van der Waals surface area contributed by atoms with Gasteiger partial charge in [-0.2, -0.15) is 0 Å². The minimum atomic E-state index is -0.217. The van der Waals surface area contributed by atoms with Gasteiger partial charge >= 0.3 is 0 Å². The predicted molar refractivity (Wildman–Crippen MR) is 107 cm³/mol. The summed E-state index contributed by atoms with van der Waals surface area (Å²) in [6, 6.07) is 13.3. The summed E-state index contributed by atoms with van der Waals surface area (Å²) in [6.07, 6.45) is 5.83. The number of aromatic nitrogens is 2. The van der Waals surface area contributed by atoms with E-state index in [9.17, 15) is 4.39 Å². The molecule has 3 aromatic rings. The Balaban J connectivity index is 1.71. The van der Waals surface area contributed by atoms with Gasteiger partial charge in [0.2, 0.25) is 0 Å². The van der Waals surface area contributed by atoms with Crippen molar-refractivity contribution in [3.63, 3.8) is 0 Å². The maximum atomic E-state index is 13.4. The fourth-order valence-electron chi connectivity index (χ4n) is 4.01. The van der Waals surface area contributed by atoms with Gasteiger partial charge in [0.25, 0.3) is 0 Å². The predicted octanol–water partition coefficient (Wildman–Crippen LogP) is 4.06. The van der Waals surface area contributed by atoms with Crippen molar-refractivity contribution in [2.75, 3.05) is 27.2 Å². The van der Waals surface area contributed by atoms with Gasteiger partial charge < -0.3 is 9.30 Å². The molecule has 0 N–H and O–H groups in total. The molecular weight excluding hydrogens is 339 g/mol. The van der Waals surface area contributed by atoms with Gasteiger partial charge in [-0.1, -0.05) is 12.5 Å². The summed E-state index contributed by atoms with van der Waals surface area (Å²) in [5.74, 6) is -0.217. The van der Waals surface area contributed by atoms with E-state index in [0.717, 1.165) is 36.5 Å². The first kappa shape index (κ1) is 18.1. The van der Waals surface area contributed by atoms with Crippen LogP contribution >= 0.6 is 0 Å². The molecule has 1 atom stereocenters. The van der Waals surface area contributed by atoms with Crippen molar-refractivity contribution in [2.24, 2.45) is 0 Å². The molecule has 4 rings (SSSR count). The van der Waals surface area contributed by atoms with Crippen LogP contribution in [0.25, 0.3) is 16.9 Å². The number of rotatable bonds is 4. The molecule has 27 heavy (non-hydrogen) atoms. The molecule has 0 unspecified atom stereocenters. The zero-order valence-electron chi connectivity index (χ0n) is 16.1. The topological polar surface area (TPSA) is 23.8 Å². The van der Waals surface area contributed by atoms with Gasteiger partial charge in [0.1, 0.15) is 11.5 Å². The van der Waals surface area contributed by atoms with Crippen molar-refractivity contribution < 1.29 is 4.39 Å². The monoisotopic (exact) mass is 366 g/mol. The van der Waals surface area contributed by atoms with Crippen molar-refractivity contribution in [3.05, 3.63) is 60.2 Å². The first-order valence-electron chi connectivity index (χ1n) is 9.72. The lowest BCUT2D eigenvalue weighted by Crippen LogP contribution is -2.38. The summed E-state index contributed by atoms with van der Waals surface area (Å²) < 4.78 is 15.6. The molecule has 0 amide bonds. The van der Waals surface area contributed by atoms with E-state index in [-0.39, 0.29) is 5.82 Å². The molecule has 0 bridgehead atoms. The van der Waals surface area contributed by atoms with Gasteiger partial charge in [-0.25, -0.2) is 9.37 Å². The third-order valence-electron chi connectivity index (χ3n) is 5.58. The first-order chi connectivity index (χ1) is 13.1. The van der Waals surface area contributed by atoms with Crippen LogP contribution in [-0.4, -0.2) is 52.4 Å². The number of benzene rings is 1. The van der Waals surface area contributed by atoms with E-state index in [4.69, 9.17) is 4.98 Å². The minimum Gasteiger partial charge on any atom is -0.305 e. The van der Waals surface area contributed by atoms with Gasteiger partial charge in [-0.15, -0.1) is 0 Å². The van der Waals surface area contributed by atoms with Gasteiger partial charge in [-0.05, 0) is 69.9 Å². The molecule has 2 aromatic heterocycles. The van der Waals surface area contributed by atoms with E-state index in [1.165, 1.54) is 37.1 Å². The van der Waals surface area contributed by atoms with E-state index in [1.54, 1.807) is 0 Å². The highest BCUT2D eigenvalue weighted by Crippen LogP contribution is 2.27. The Kier molecular flexibility index (Phi) is 5.23. The second kappa shape index (κ2) is 7.79. The highest BCUT2D eigenvalue weighted by atomic mass is 19.1. The fraction of sp³-hybridized carbons (Fsp3) is 0.409. The molecule has 3 heterocycles. The molecule has 0 aliphatic carbocycles. The lowest BCUT2D eigenvalue weighted by Gasteiger charge is -2.28. The number of imidazole rings is 1. The number of pyridine rings is 1. The Morgan fingerprint density at radius 2 is 1.93 bits per heavy atom. The van der Waals surface area contributed by atoms with Crippen molar-refractivity contribution >= 4 is 5.65 Å². The Bertz CT molecular complexity index is 900. The molecule has 1 aliphatic heterocycles. The van der Waals surface area contributed by atoms with E-state index in [0.29, 0.717) is 6.04 Å². The van der Waals surface area contributed by atoms with E-state index in [2.05, 4.69) is 34.5 Å². The highest BCUT2D eigenvalue weighted by Gasteiger charge is 2.22. The lowest BCUT2D eigenvalue weighted by atomic mass is 10.1. The number of nitrogens with zero attached hydrogens (tertiary/aromatic N) is 4. The van der Waals surface area contributed by atoms with Gasteiger partial charge in [-0.3, -0.25) is 4.90 Å². The van der Waals surface area contributed by atoms with Crippen molar-refractivity contribution in [3.8, 4) is 11.3 Å². The van der Waals surface area contributed by atoms with Crippen LogP contribution < -0.4 is 0 Å². The van der Waals surface area contributed by atoms with Crippen LogP contribution in [0.15, 0.2) is 48.7 Å². The van der Waals surface area contributed by atoms with Crippen LogP contribution in [0.2, 0.25) is 0 Å². The standard InChI is InChI=1S/C22H27FN4/c1-25(2)19-7-3-5-13-26(15-19)16-20-22(17-9-11-18(23)12-10-17)24-21-8-4-6-14-27(20)21/h4,6,8-12,14,19H,3,5,7,13,15-16H2,1-2H3/t19-/m0/s1. The average Bonchev–Trinajstić information content (AvgIpc) is 2.85. The molecule has 5 heteroatoms. The van der Waals surface area contributed by atoms with Gasteiger partial charge in [0, 0.05) is 30.9 Å². The zero-order valence-corrected chi connectivity index (χ0v) is 16.1. The quantitative estimate of drug-likeness (QED) is 0.696. The number of halogens is 1. The second-order valence-electron chi connectivity index (χ2n) is 7.69. The van der Waals surface area contributed by atoms with Crippen LogP contribution in [0.4, 0.5) is 4.39 Å². The summed E-state index contributed by atoms with van der Waals surface area (Å²) in [6.45, 7) is 3.02. The molecule has 0 saturated carbocycles. The number of fused-ring (bicyclic) bond motifs is 1. The molecule has 0 spiro atoms. The van der Waals surface area contributed by atoms with Crippen molar-refractivity contribution in [1.29, 1.82) is 0 Å². The van der Waals surface area contributed by atoms with E-state index >= 15 is 0 Å². The van der Waals surface area contributed by atoms with Crippen molar-refractivity contribution in [2.45, 2.75) is 31.8 Å². The minimum absolute atomic E-state index is 0.217. The summed E-state index contributed by atoms with van der Waals surface area (Å²) >= 11 is 0. The molecule has 1 aromatic carbocycles. The molecule has 0 radical (unpaired) electrons. The molecule has 1 aliphatic rings. The normalized spacial score (nSPS) is 18.9. The largest absolute Gasteiger partial charge is 0.305 e. The zero-order chi connectivity index (χ0) is 18.8. The third kappa shape index (κ3) is 3.89. The average molecular weight is 366 g/mol. The lowest BCUT2D eigenvalue weighted by molar-refractivity contribution is 0.189. The summed E-state index contributed by atoms with van der Waals surface area (Å²) in [4.78, 5) is 9.74. The summed E-state index contributed by atoms with van der Waals surface area (Å²) in [5, 5.41) is 0. The maximum absolute atomic E-state index is 13.4. The maximum Gasteiger partial charge on any atom is 0.137 e. The summed E-state index contributed by atoms with van der Waals surface area (Å²) in [5.41, 5.74) is 4.03. The SMILES string of the molecule is CN(C)[C@H]1CCCCN(Cc2c(-c3ccc(F)cc3)nc3ccccn23)C1. The van der Waals surface area contributed by atoms with E-state index in [1.807, 2.05) is 30.3 Å². The number of likely N-dealkylation sites (tertiary alicyclic amines) is 1. The second-order valence-corrected chi connectivity index (χ2v) is 7.69. The third-order valence-corrected chi connectivity index (χ3v) is 5.58. The Hall–Kier alpha value is -2.24. The van der Waals surface area contributed by atoms with Crippen LogP contribution in [0.1, 0.15) is 25.0 Å². The van der Waals surface area contributed by atoms with Gasteiger partial charge in [0.05, 0.1) is 11.4 Å². The van der Waals surface area contributed by atoms with Crippen LogP contribution in [-0.2, 0) is 6.54 Å². The molecule has 1 fully saturated rings. The molecule has 142 valence electrons. The van der Waals surface area contributed by atoms with Crippen LogP contribution in [0, 0.1) is 5.82 Å². The first-order valence-corrected chi connectivity index (χ1v) is 9.72. The van der Waals surface area contributed by atoms with Crippen LogP contribution in [0.3, 0.4) is 0 Å². The Morgan fingerprint density at radius 3 is 2.70 bits per heavy atom. The number of likely N-dealkylation sites (N-methyl/N-ethyl adjacent to an activating group) is 1. The number of hydrogen-bond acceptors (Lipinski definition) is 3. The highest BCUT2D eigenvalue weighted by molar-refractivity contribution is 5.66. The molecular formula is C22H27FN4. The molecule has 4 nitrogen and oxygen atoms in total. The Morgan fingerprint density at radius 1 is 1.11 bits per heavy atom. The fourth-order valence-corrected chi connectivity index (χ4v) is 4.01. The summed E-state index contributed by atoms with van der Waals surface area (Å²) in [7, 11) is 4.35. The van der Waals surface area contributed by atoms with E-state index < -0.39 is 0 Å². The Labute approximate surface area is 160 Å². The van der Waals surface area contributed by atoms with Gasteiger partial charge in [0.15, 0.2) is 0 Å². The number of hydrogen-bond donors (Lipinski definition) is 0. The molecule has 1 saturated heterocycles. The van der Waals surface area contributed by atoms with Crippen LogP contribution in [0.5, 0.6) is 0 Å².